The van der Waals surface area contributed by atoms with Gasteiger partial charge in [0.25, 0.3) is 5.69 Å². The van der Waals surface area contributed by atoms with Gasteiger partial charge < -0.3 is 14.7 Å². The number of aliphatic hydroxyl groups excluding tert-OH is 1. The second-order valence-corrected chi connectivity index (χ2v) is 6.71. The van der Waals surface area contributed by atoms with Gasteiger partial charge in [0.05, 0.1) is 17.1 Å². The van der Waals surface area contributed by atoms with Crippen molar-refractivity contribution < 1.29 is 24.4 Å². The molecule has 0 unspecified atom stereocenters. The number of carbonyl (C=O) groups is 2. The zero-order valence-electron chi connectivity index (χ0n) is 16.7. The highest BCUT2D eigenvalue weighted by atomic mass is 16.6. The van der Waals surface area contributed by atoms with E-state index in [9.17, 15) is 19.7 Å². The normalized spacial score (nSPS) is 10.4. The molecular weight excluding hydrogens is 388 g/mol. The van der Waals surface area contributed by atoms with Gasteiger partial charge in [-0.2, -0.15) is 0 Å². The number of aldehydes is 1. The molecule has 0 fully saturated rings. The van der Waals surface area contributed by atoms with E-state index in [1.165, 1.54) is 18.2 Å². The van der Waals surface area contributed by atoms with E-state index in [4.69, 9.17) is 9.84 Å². The van der Waals surface area contributed by atoms with Gasteiger partial charge in [0.15, 0.2) is 6.29 Å². The molecule has 8 nitrogen and oxygen atoms in total. The van der Waals surface area contributed by atoms with Crippen LogP contribution in [0.3, 0.4) is 0 Å². The molecule has 2 rings (SSSR count). The third-order valence-electron chi connectivity index (χ3n) is 4.54. The number of nitro benzene ring substituents is 1. The zero-order chi connectivity index (χ0) is 21.8. The van der Waals surface area contributed by atoms with Gasteiger partial charge in [0, 0.05) is 31.3 Å². The number of ether oxygens (including phenoxy) is 1. The second-order valence-electron chi connectivity index (χ2n) is 6.71. The number of nitrogens with zero attached hydrogens (tertiary/aromatic N) is 2. The van der Waals surface area contributed by atoms with Crippen LogP contribution >= 0.6 is 0 Å². The number of aliphatic hydroxyl groups is 1. The number of hydrogen-bond acceptors (Lipinski definition) is 6. The largest absolute Gasteiger partial charge is 0.494 e. The number of anilines is 1. The Hall–Kier alpha value is -3.26. The summed E-state index contributed by atoms with van der Waals surface area (Å²) in [5.74, 6) is 0.416. The highest BCUT2D eigenvalue weighted by molar-refractivity contribution is 5.93. The highest BCUT2D eigenvalue weighted by Gasteiger charge is 2.15. The first-order chi connectivity index (χ1) is 14.6. The van der Waals surface area contributed by atoms with Crippen molar-refractivity contribution >= 4 is 23.6 Å². The Morgan fingerprint density at radius 2 is 1.87 bits per heavy atom. The lowest BCUT2D eigenvalue weighted by Crippen LogP contribution is -2.32. The van der Waals surface area contributed by atoms with Crippen molar-refractivity contribution in [2.75, 3.05) is 24.7 Å². The van der Waals surface area contributed by atoms with Gasteiger partial charge in [-0.3, -0.25) is 19.7 Å². The fraction of sp³-hybridized carbons (Fsp3) is 0.364. The van der Waals surface area contributed by atoms with E-state index in [1.807, 2.05) is 30.3 Å². The third kappa shape index (κ3) is 6.97. The molecule has 0 spiro atoms. The van der Waals surface area contributed by atoms with Crippen LogP contribution in [0.2, 0.25) is 0 Å². The summed E-state index contributed by atoms with van der Waals surface area (Å²) in [5, 5.41) is 19.9. The van der Waals surface area contributed by atoms with Crippen LogP contribution in [0.4, 0.5) is 11.4 Å². The summed E-state index contributed by atoms with van der Waals surface area (Å²) in [6.45, 7) is 0.890. The molecule has 0 atom stereocenters. The van der Waals surface area contributed by atoms with E-state index in [-0.39, 0.29) is 23.8 Å². The van der Waals surface area contributed by atoms with Crippen LogP contribution in [0.15, 0.2) is 48.5 Å². The van der Waals surface area contributed by atoms with E-state index < -0.39 is 4.92 Å². The van der Waals surface area contributed by atoms with Gasteiger partial charge in [-0.25, -0.2) is 0 Å². The fourth-order valence-corrected chi connectivity index (χ4v) is 3.00. The van der Waals surface area contributed by atoms with Crippen LogP contribution in [-0.4, -0.2) is 42.0 Å². The Kier molecular flexibility index (Phi) is 9.47. The number of carbonyl (C=O) groups excluding carboxylic acids is 2. The molecule has 160 valence electrons. The van der Waals surface area contributed by atoms with Gasteiger partial charge in [-0.1, -0.05) is 18.2 Å². The van der Waals surface area contributed by atoms with Gasteiger partial charge in [-0.05, 0) is 49.9 Å². The summed E-state index contributed by atoms with van der Waals surface area (Å²) in [7, 11) is 0. The highest BCUT2D eigenvalue weighted by Crippen LogP contribution is 2.23. The molecule has 2 aromatic rings. The average molecular weight is 414 g/mol. The Bertz CT molecular complexity index is 841. The SMILES string of the molecule is O=Cc1cc(OCCCCCC(=O)N(CCCO)c2ccccc2)ccc1[N+](=O)[O-]. The van der Waals surface area contributed by atoms with E-state index in [0.29, 0.717) is 50.9 Å². The van der Waals surface area contributed by atoms with Crippen molar-refractivity contribution in [3.8, 4) is 5.75 Å². The molecule has 0 heterocycles. The average Bonchev–Trinajstić information content (AvgIpc) is 2.76. The Morgan fingerprint density at radius 1 is 1.10 bits per heavy atom. The van der Waals surface area contributed by atoms with Crippen molar-refractivity contribution in [1.82, 2.24) is 0 Å². The van der Waals surface area contributed by atoms with Gasteiger partial charge in [0.1, 0.15) is 5.75 Å². The number of amides is 1. The molecule has 1 amide bonds. The van der Waals surface area contributed by atoms with Crippen LogP contribution in [0.5, 0.6) is 5.75 Å². The first-order valence-electron chi connectivity index (χ1n) is 9.89. The molecule has 1 N–H and O–H groups in total. The van der Waals surface area contributed by atoms with Crippen molar-refractivity contribution in [1.29, 1.82) is 0 Å². The third-order valence-corrected chi connectivity index (χ3v) is 4.54. The van der Waals surface area contributed by atoms with Gasteiger partial charge >= 0.3 is 0 Å². The standard InChI is InChI=1S/C22H26N2O6/c25-14-7-13-23(19-8-3-1-4-9-19)22(27)10-5-2-6-15-30-20-11-12-21(24(28)29)18(16-20)17-26/h1,3-4,8-9,11-12,16-17,25H,2,5-7,10,13-15H2. The number of nitro groups is 1. The monoisotopic (exact) mass is 414 g/mol. The van der Waals surface area contributed by atoms with E-state index in [0.717, 1.165) is 12.1 Å². The van der Waals surface area contributed by atoms with Crippen LogP contribution in [0.1, 0.15) is 42.5 Å². The first kappa shape index (κ1) is 23.0. The summed E-state index contributed by atoms with van der Waals surface area (Å²) in [6, 6.07) is 13.5. The number of hydrogen-bond donors (Lipinski definition) is 1. The molecule has 0 aromatic heterocycles. The minimum atomic E-state index is -0.607. The minimum absolute atomic E-state index is 0.0153. The van der Waals surface area contributed by atoms with Crippen molar-refractivity contribution in [3.05, 3.63) is 64.2 Å². The quantitative estimate of drug-likeness (QED) is 0.231. The molecule has 0 saturated heterocycles. The predicted octanol–water partition coefficient (Wildman–Crippen LogP) is 3.76. The Morgan fingerprint density at radius 3 is 2.53 bits per heavy atom. The smallest absolute Gasteiger partial charge is 0.280 e. The lowest BCUT2D eigenvalue weighted by atomic mass is 10.1. The van der Waals surface area contributed by atoms with Crippen LogP contribution in [-0.2, 0) is 4.79 Å². The molecule has 8 heteroatoms. The fourth-order valence-electron chi connectivity index (χ4n) is 3.00. The van der Waals surface area contributed by atoms with Crippen LogP contribution < -0.4 is 9.64 Å². The summed E-state index contributed by atoms with van der Waals surface area (Å²) in [5.41, 5.74) is 0.551. The van der Waals surface area contributed by atoms with Crippen LogP contribution in [0, 0.1) is 10.1 Å². The van der Waals surface area contributed by atoms with Gasteiger partial charge in [0.2, 0.25) is 5.91 Å². The maximum Gasteiger partial charge on any atom is 0.280 e. The molecule has 0 aliphatic heterocycles. The molecule has 30 heavy (non-hydrogen) atoms. The predicted molar refractivity (Wildman–Crippen MR) is 113 cm³/mol. The number of rotatable bonds is 13. The molecule has 0 aliphatic carbocycles. The Labute approximate surface area is 175 Å². The van der Waals surface area contributed by atoms with Crippen molar-refractivity contribution in [2.24, 2.45) is 0 Å². The summed E-state index contributed by atoms with van der Waals surface area (Å²) in [4.78, 5) is 35.5. The van der Waals surface area contributed by atoms with Crippen LogP contribution in [0.25, 0.3) is 0 Å². The summed E-state index contributed by atoms with van der Waals surface area (Å²) in [6.07, 6.45) is 3.54. The van der Waals surface area contributed by atoms with Crippen molar-refractivity contribution in [2.45, 2.75) is 32.1 Å². The first-order valence-corrected chi connectivity index (χ1v) is 9.89. The molecular formula is C22H26N2O6. The van der Waals surface area contributed by atoms with E-state index in [1.54, 1.807) is 4.90 Å². The molecule has 0 radical (unpaired) electrons. The van der Waals surface area contributed by atoms with E-state index in [2.05, 4.69) is 0 Å². The zero-order valence-corrected chi connectivity index (χ0v) is 16.7. The maximum atomic E-state index is 12.6. The Balaban J connectivity index is 1.75. The van der Waals surface area contributed by atoms with Crippen molar-refractivity contribution in [3.63, 3.8) is 0 Å². The number of benzene rings is 2. The topological polar surface area (TPSA) is 110 Å². The maximum absolute atomic E-state index is 12.6. The second kappa shape index (κ2) is 12.3. The minimum Gasteiger partial charge on any atom is -0.494 e. The number of unbranched alkanes of at least 4 members (excludes halogenated alkanes) is 2. The molecule has 2 aromatic carbocycles. The summed E-state index contributed by atoms with van der Waals surface area (Å²) < 4.78 is 5.56. The number of para-hydroxylation sites is 1. The lowest BCUT2D eigenvalue weighted by Gasteiger charge is -2.22. The lowest BCUT2D eigenvalue weighted by molar-refractivity contribution is -0.385. The van der Waals surface area contributed by atoms with Gasteiger partial charge in [-0.15, -0.1) is 0 Å². The molecule has 0 aliphatic rings. The summed E-state index contributed by atoms with van der Waals surface area (Å²) >= 11 is 0. The molecule has 0 bridgehead atoms. The van der Waals surface area contributed by atoms with E-state index >= 15 is 0 Å². The molecule has 0 saturated carbocycles.